The minimum Gasteiger partial charge on any atom is -0.354 e. The Labute approximate surface area is 116 Å². The zero-order chi connectivity index (χ0) is 13.8. The Kier molecular flexibility index (Phi) is 3.54. The van der Waals surface area contributed by atoms with Gasteiger partial charge in [0.2, 0.25) is 11.9 Å². The minimum atomic E-state index is -0.269. The molecule has 2 N–H and O–H groups in total. The average molecular weight is 269 g/mol. The van der Waals surface area contributed by atoms with Crippen molar-refractivity contribution in [1.29, 1.82) is 0 Å². The van der Waals surface area contributed by atoms with E-state index < -0.39 is 0 Å². The van der Waals surface area contributed by atoms with Crippen LogP contribution >= 0.6 is 0 Å². The fraction of sp³-hybridized carbons (Fsp3) is 0.286. The van der Waals surface area contributed by atoms with E-state index in [1.54, 1.807) is 0 Å². The standard InChI is InChI=1S/C14H15N5O/c20-13-11(7-4-8-15-13)18-14-17-9-16-12(19-14)10-5-2-1-3-6-10/h1-3,5-6,9,11H,4,7-8H2,(H,15,20)(H,16,17,18,19)/t11-/m0/s1. The van der Waals surface area contributed by atoms with Crippen LogP contribution in [0.5, 0.6) is 0 Å². The van der Waals surface area contributed by atoms with Crippen molar-refractivity contribution < 1.29 is 4.79 Å². The molecule has 2 aromatic rings. The highest BCUT2D eigenvalue weighted by Crippen LogP contribution is 2.15. The molecule has 0 aliphatic carbocycles. The minimum absolute atomic E-state index is 0.00192. The van der Waals surface area contributed by atoms with Gasteiger partial charge in [0.15, 0.2) is 5.82 Å². The van der Waals surface area contributed by atoms with E-state index in [2.05, 4.69) is 25.6 Å². The lowest BCUT2D eigenvalue weighted by Gasteiger charge is -2.22. The number of benzene rings is 1. The Hall–Kier alpha value is -2.50. The molecule has 1 atom stereocenters. The Balaban J connectivity index is 1.79. The molecule has 1 aliphatic heterocycles. The highest BCUT2D eigenvalue weighted by molar-refractivity contribution is 5.84. The van der Waals surface area contributed by atoms with E-state index in [1.807, 2.05) is 30.3 Å². The number of rotatable bonds is 3. The number of anilines is 1. The van der Waals surface area contributed by atoms with Gasteiger partial charge in [-0.05, 0) is 12.8 Å². The first-order valence-electron chi connectivity index (χ1n) is 6.61. The summed E-state index contributed by atoms with van der Waals surface area (Å²) in [6, 6.07) is 9.41. The first-order valence-corrected chi connectivity index (χ1v) is 6.61. The SMILES string of the molecule is O=C1NCCC[C@@H]1Nc1ncnc(-c2ccccc2)n1. The van der Waals surface area contributed by atoms with Crippen molar-refractivity contribution >= 4 is 11.9 Å². The first kappa shape index (κ1) is 12.5. The van der Waals surface area contributed by atoms with Gasteiger partial charge in [0.25, 0.3) is 0 Å². The molecule has 3 rings (SSSR count). The maximum atomic E-state index is 11.7. The van der Waals surface area contributed by atoms with Crippen LogP contribution in [0.2, 0.25) is 0 Å². The van der Waals surface area contributed by atoms with Crippen LogP contribution in [0.1, 0.15) is 12.8 Å². The third-order valence-electron chi connectivity index (χ3n) is 3.19. The predicted octanol–water partition coefficient (Wildman–Crippen LogP) is 1.23. The van der Waals surface area contributed by atoms with Gasteiger partial charge in [-0.1, -0.05) is 30.3 Å². The summed E-state index contributed by atoms with van der Waals surface area (Å²) in [5, 5.41) is 5.89. The van der Waals surface area contributed by atoms with Crippen molar-refractivity contribution in [3.63, 3.8) is 0 Å². The van der Waals surface area contributed by atoms with E-state index in [-0.39, 0.29) is 11.9 Å². The van der Waals surface area contributed by atoms with Crippen molar-refractivity contribution in [2.45, 2.75) is 18.9 Å². The number of carbonyl (C=O) groups is 1. The number of nitrogens with zero attached hydrogens (tertiary/aromatic N) is 3. The van der Waals surface area contributed by atoms with Crippen LogP contribution in [0.25, 0.3) is 11.4 Å². The molecule has 1 aromatic carbocycles. The van der Waals surface area contributed by atoms with Crippen molar-refractivity contribution in [3.05, 3.63) is 36.7 Å². The molecule has 0 unspecified atom stereocenters. The lowest BCUT2D eigenvalue weighted by Crippen LogP contribution is -2.44. The van der Waals surface area contributed by atoms with E-state index in [1.165, 1.54) is 6.33 Å². The van der Waals surface area contributed by atoms with Crippen molar-refractivity contribution in [3.8, 4) is 11.4 Å². The average Bonchev–Trinajstić information content (AvgIpc) is 2.51. The van der Waals surface area contributed by atoms with Gasteiger partial charge in [-0.2, -0.15) is 4.98 Å². The quantitative estimate of drug-likeness (QED) is 0.876. The molecule has 1 amide bonds. The normalized spacial score (nSPS) is 18.4. The van der Waals surface area contributed by atoms with Gasteiger partial charge in [0.1, 0.15) is 12.4 Å². The summed E-state index contributed by atoms with van der Waals surface area (Å²) in [5.74, 6) is 1.03. The van der Waals surface area contributed by atoms with Gasteiger partial charge in [-0.25, -0.2) is 9.97 Å². The summed E-state index contributed by atoms with van der Waals surface area (Å²) in [4.78, 5) is 24.3. The molecule has 1 aromatic heterocycles. The lowest BCUT2D eigenvalue weighted by molar-refractivity contribution is -0.123. The van der Waals surface area contributed by atoms with E-state index >= 15 is 0 Å². The van der Waals surface area contributed by atoms with Gasteiger partial charge in [-0.3, -0.25) is 4.79 Å². The Morgan fingerprint density at radius 1 is 1.20 bits per heavy atom. The lowest BCUT2D eigenvalue weighted by atomic mass is 10.1. The highest BCUT2D eigenvalue weighted by Gasteiger charge is 2.22. The molecule has 0 spiro atoms. The van der Waals surface area contributed by atoms with Gasteiger partial charge >= 0.3 is 0 Å². The molecule has 1 saturated heterocycles. The van der Waals surface area contributed by atoms with Crippen LogP contribution < -0.4 is 10.6 Å². The number of hydrogen-bond acceptors (Lipinski definition) is 5. The van der Waals surface area contributed by atoms with Crippen LogP contribution in [-0.4, -0.2) is 33.4 Å². The van der Waals surface area contributed by atoms with Crippen LogP contribution in [0, 0.1) is 0 Å². The summed E-state index contributed by atoms with van der Waals surface area (Å²) in [6.45, 7) is 0.740. The first-order chi connectivity index (χ1) is 9.83. The molecule has 1 fully saturated rings. The molecule has 6 heteroatoms. The molecule has 0 saturated carbocycles. The molecule has 1 aliphatic rings. The second-order valence-corrected chi connectivity index (χ2v) is 4.63. The number of aromatic nitrogens is 3. The molecule has 0 bridgehead atoms. The molecule has 6 nitrogen and oxygen atoms in total. The molecular formula is C14H15N5O. The zero-order valence-electron chi connectivity index (χ0n) is 10.9. The summed E-state index contributed by atoms with van der Waals surface area (Å²) in [6.07, 6.45) is 3.20. The maximum absolute atomic E-state index is 11.7. The zero-order valence-corrected chi connectivity index (χ0v) is 10.9. The Morgan fingerprint density at radius 3 is 2.85 bits per heavy atom. The number of piperidine rings is 1. The summed E-state index contributed by atoms with van der Waals surface area (Å²) < 4.78 is 0. The molecule has 102 valence electrons. The van der Waals surface area contributed by atoms with Crippen molar-refractivity contribution in [2.75, 3.05) is 11.9 Å². The second kappa shape index (κ2) is 5.64. The summed E-state index contributed by atoms with van der Waals surface area (Å²) >= 11 is 0. The van der Waals surface area contributed by atoms with E-state index in [9.17, 15) is 4.79 Å². The number of hydrogen-bond donors (Lipinski definition) is 2. The van der Waals surface area contributed by atoms with Crippen LogP contribution in [0.4, 0.5) is 5.95 Å². The van der Waals surface area contributed by atoms with E-state index in [0.717, 1.165) is 24.9 Å². The molecule has 20 heavy (non-hydrogen) atoms. The van der Waals surface area contributed by atoms with Crippen molar-refractivity contribution in [1.82, 2.24) is 20.3 Å². The van der Waals surface area contributed by atoms with Gasteiger partial charge in [0, 0.05) is 12.1 Å². The highest BCUT2D eigenvalue weighted by atomic mass is 16.2. The fourth-order valence-electron chi connectivity index (χ4n) is 2.16. The third-order valence-corrected chi connectivity index (χ3v) is 3.19. The molecule has 0 radical (unpaired) electrons. The second-order valence-electron chi connectivity index (χ2n) is 4.63. The van der Waals surface area contributed by atoms with E-state index in [4.69, 9.17) is 0 Å². The van der Waals surface area contributed by atoms with Crippen LogP contribution in [0.3, 0.4) is 0 Å². The van der Waals surface area contributed by atoms with Crippen LogP contribution in [0.15, 0.2) is 36.7 Å². The summed E-state index contributed by atoms with van der Waals surface area (Å²) in [5.41, 5.74) is 0.922. The number of nitrogens with one attached hydrogen (secondary N) is 2. The van der Waals surface area contributed by atoms with E-state index in [0.29, 0.717) is 11.8 Å². The Morgan fingerprint density at radius 2 is 2.05 bits per heavy atom. The molecular weight excluding hydrogens is 254 g/mol. The fourth-order valence-corrected chi connectivity index (χ4v) is 2.16. The monoisotopic (exact) mass is 269 g/mol. The summed E-state index contributed by atoms with van der Waals surface area (Å²) in [7, 11) is 0. The van der Waals surface area contributed by atoms with Crippen LogP contribution in [-0.2, 0) is 4.79 Å². The maximum Gasteiger partial charge on any atom is 0.242 e. The Bertz CT molecular complexity index is 602. The smallest absolute Gasteiger partial charge is 0.242 e. The van der Waals surface area contributed by atoms with Gasteiger partial charge in [-0.15, -0.1) is 0 Å². The van der Waals surface area contributed by atoms with Crippen molar-refractivity contribution in [2.24, 2.45) is 0 Å². The number of carbonyl (C=O) groups excluding carboxylic acids is 1. The molecule has 2 heterocycles. The van der Waals surface area contributed by atoms with Gasteiger partial charge < -0.3 is 10.6 Å². The third kappa shape index (κ3) is 2.74. The van der Waals surface area contributed by atoms with Gasteiger partial charge in [0.05, 0.1) is 0 Å². The number of amides is 1. The predicted molar refractivity (Wildman–Crippen MR) is 74.9 cm³/mol. The topological polar surface area (TPSA) is 79.8 Å². The largest absolute Gasteiger partial charge is 0.354 e.